The minimum absolute atomic E-state index is 0.133. The molecule has 23 heavy (non-hydrogen) atoms. The zero-order valence-electron chi connectivity index (χ0n) is 15.3. The van der Waals surface area contributed by atoms with Crippen molar-refractivity contribution in [1.29, 1.82) is 0 Å². The van der Waals surface area contributed by atoms with Gasteiger partial charge in [-0.15, -0.1) is 0 Å². The summed E-state index contributed by atoms with van der Waals surface area (Å²) in [5.74, 6) is 1.51. The van der Waals surface area contributed by atoms with Crippen molar-refractivity contribution >= 4 is 11.6 Å². The maximum absolute atomic E-state index is 12.1. The molecule has 0 unspecified atom stereocenters. The third-order valence-electron chi connectivity index (χ3n) is 6.21. The Kier molecular flexibility index (Phi) is 5.20. The second-order valence-corrected chi connectivity index (χ2v) is 8.71. The van der Waals surface area contributed by atoms with Crippen LogP contribution in [0.3, 0.4) is 0 Å². The van der Waals surface area contributed by atoms with Gasteiger partial charge in [-0.25, -0.2) is 0 Å². The standard InChI is InChI=1S/C20H32O3/c1-13(2)8-17(21)9-14(3)16-6-7-19(5)12-18(22)10-15(4)20(19,23)11-16/h10,13-14,16,23H,6-9,11-12H2,1-5H3/t14-,16+,19-,20-/m1/s1. The molecular formula is C20H32O3. The summed E-state index contributed by atoms with van der Waals surface area (Å²) in [5.41, 5.74) is -0.429. The number of fused-ring (bicyclic) bond motifs is 1. The Balaban J connectivity index is 2.10. The van der Waals surface area contributed by atoms with Crippen molar-refractivity contribution < 1.29 is 14.7 Å². The minimum Gasteiger partial charge on any atom is -0.385 e. The van der Waals surface area contributed by atoms with Gasteiger partial charge in [-0.05, 0) is 55.6 Å². The van der Waals surface area contributed by atoms with Crippen LogP contribution in [0.4, 0.5) is 0 Å². The summed E-state index contributed by atoms with van der Waals surface area (Å²) < 4.78 is 0. The molecule has 0 bridgehead atoms. The lowest BCUT2D eigenvalue weighted by Crippen LogP contribution is -2.55. The van der Waals surface area contributed by atoms with Crippen molar-refractivity contribution in [2.24, 2.45) is 23.2 Å². The molecule has 1 N–H and O–H groups in total. The number of hydrogen-bond acceptors (Lipinski definition) is 3. The molecule has 0 spiro atoms. The maximum atomic E-state index is 12.1. The van der Waals surface area contributed by atoms with Gasteiger partial charge in [-0.3, -0.25) is 9.59 Å². The summed E-state index contributed by atoms with van der Waals surface area (Å²) in [7, 11) is 0. The van der Waals surface area contributed by atoms with Crippen LogP contribution in [0.2, 0.25) is 0 Å². The van der Waals surface area contributed by atoms with E-state index in [2.05, 4.69) is 20.8 Å². The van der Waals surface area contributed by atoms with Crippen LogP contribution >= 0.6 is 0 Å². The predicted molar refractivity (Wildman–Crippen MR) is 92.0 cm³/mol. The molecule has 0 radical (unpaired) electrons. The monoisotopic (exact) mass is 320 g/mol. The van der Waals surface area contributed by atoms with Crippen LogP contribution in [0.15, 0.2) is 11.6 Å². The summed E-state index contributed by atoms with van der Waals surface area (Å²) in [6.45, 7) is 10.2. The number of hydrogen-bond donors (Lipinski definition) is 1. The van der Waals surface area contributed by atoms with Gasteiger partial charge in [0.25, 0.3) is 0 Å². The van der Waals surface area contributed by atoms with Crippen LogP contribution in [0.1, 0.15) is 73.1 Å². The smallest absolute Gasteiger partial charge is 0.156 e. The van der Waals surface area contributed by atoms with E-state index in [4.69, 9.17) is 0 Å². The minimum atomic E-state index is -0.890. The number of rotatable bonds is 5. The maximum Gasteiger partial charge on any atom is 0.156 e. The third-order valence-corrected chi connectivity index (χ3v) is 6.21. The van der Waals surface area contributed by atoms with E-state index in [-0.39, 0.29) is 11.2 Å². The number of carbonyl (C=O) groups excluding carboxylic acids is 2. The molecule has 3 heteroatoms. The first-order valence-corrected chi connectivity index (χ1v) is 9.03. The van der Waals surface area contributed by atoms with Gasteiger partial charge in [0.05, 0.1) is 5.60 Å². The Hall–Kier alpha value is -0.960. The topological polar surface area (TPSA) is 54.4 Å². The lowest BCUT2D eigenvalue weighted by molar-refractivity contribution is -0.137. The van der Waals surface area contributed by atoms with E-state index in [0.717, 1.165) is 18.4 Å². The normalized spacial score (nSPS) is 35.7. The predicted octanol–water partition coefficient (Wildman–Crippen LogP) is 4.08. The van der Waals surface area contributed by atoms with Gasteiger partial charge in [0.2, 0.25) is 0 Å². The molecule has 0 aliphatic heterocycles. The number of allylic oxidation sites excluding steroid dienone is 1. The molecule has 0 amide bonds. The van der Waals surface area contributed by atoms with E-state index in [9.17, 15) is 14.7 Å². The summed E-state index contributed by atoms with van der Waals surface area (Å²) >= 11 is 0. The van der Waals surface area contributed by atoms with Crippen molar-refractivity contribution in [2.45, 2.75) is 78.7 Å². The van der Waals surface area contributed by atoms with Crippen LogP contribution < -0.4 is 0 Å². The van der Waals surface area contributed by atoms with Gasteiger partial charge < -0.3 is 5.11 Å². The van der Waals surface area contributed by atoms with Crippen molar-refractivity contribution in [3.05, 3.63) is 11.6 Å². The second kappa shape index (κ2) is 6.51. The summed E-state index contributed by atoms with van der Waals surface area (Å²) in [6.07, 6.45) is 5.84. The zero-order chi connectivity index (χ0) is 17.4. The molecule has 3 nitrogen and oxygen atoms in total. The molecule has 1 saturated carbocycles. The van der Waals surface area contributed by atoms with Crippen LogP contribution in [0.25, 0.3) is 0 Å². The van der Waals surface area contributed by atoms with Gasteiger partial charge in [0.1, 0.15) is 5.78 Å². The fraction of sp³-hybridized carbons (Fsp3) is 0.800. The number of aliphatic hydroxyl groups is 1. The van der Waals surface area contributed by atoms with Gasteiger partial charge in [0, 0.05) is 24.7 Å². The number of Topliss-reactive ketones (excluding diaryl/α,β-unsaturated/α-hetero) is 1. The molecule has 2 aliphatic carbocycles. The Bertz CT molecular complexity index is 519. The highest BCUT2D eigenvalue weighted by atomic mass is 16.3. The zero-order valence-corrected chi connectivity index (χ0v) is 15.3. The highest BCUT2D eigenvalue weighted by Gasteiger charge is 2.55. The lowest BCUT2D eigenvalue weighted by Gasteiger charge is -2.54. The van der Waals surface area contributed by atoms with Crippen molar-refractivity contribution in [1.82, 2.24) is 0 Å². The number of ketones is 2. The van der Waals surface area contributed by atoms with Crippen molar-refractivity contribution in [2.75, 3.05) is 0 Å². The average Bonchev–Trinajstić information content (AvgIpc) is 2.39. The van der Waals surface area contributed by atoms with Crippen molar-refractivity contribution in [3.63, 3.8) is 0 Å². The molecule has 130 valence electrons. The average molecular weight is 320 g/mol. The van der Waals surface area contributed by atoms with E-state index in [1.807, 2.05) is 13.8 Å². The largest absolute Gasteiger partial charge is 0.385 e. The SMILES string of the molecule is CC1=CC(=O)C[C@@]2(C)CC[C@H]([C@H](C)CC(=O)CC(C)C)C[C@@]12O. The van der Waals surface area contributed by atoms with E-state index >= 15 is 0 Å². The highest BCUT2D eigenvalue weighted by molar-refractivity contribution is 5.92. The molecule has 0 saturated heterocycles. The Morgan fingerprint density at radius 1 is 1.35 bits per heavy atom. The van der Waals surface area contributed by atoms with Crippen LogP contribution in [-0.2, 0) is 9.59 Å². The highest BCUT2D eigenvalue weighted by Crippen LogP contribution is 2.55. The van der Waals surface area contributed by atoms with Gasteiger partial charge in [-0.1, -0.05) is 27.7 Å². The Morgan fingerprint density at radius 3 is 2.61 bits per heavy atom. The first kappa shape index (κ1) is 18.4. The van der Waals surface area contributed by atoms with E-state index < -0.39 is 5.60 Å². The fourth-order valence-corrected chi connectivity index (χ4v) is 4.66. The Labute approximate surface area is 140 Å². The van der Waals surface area contributed by atoms with Gasteiger partial charge in [0.15, 0.2) is 5.78 Å². The summed E-state index contributed by atoms with van der Waals surface area (Å²) in [6, 6.07) is 0. The lowest BCUT2D eigenvalue weighted by atomic mass is 9.53. The van der Waals surface area contributed by atoms with Crippen molar-refractivity contribution in [3.8, 4) is 0 Å². The molecule has 0 aromatic heterocycles. The molecule has 1 fully saturated rings. The molecule has 4 atom stereocenters. The van der Waals surface area contributed by atoms with Gasteiger partial charge in [-0.2, -0.15) is 0 Å². The number of carbonyl (C=O) groups is 2. The van der Waals surface area contributed by atoms with Crippen LogP contribution in [0, 0.1) is 23.2 Å². The van der Waals surface area contributed by atoms with E-state index in [1.165, 1.54) is 0 Å². The fourth-order valence-electron chi connectivity index (χ4n) is 4.66. The second-order valence-electron chi connectivity index (χ2n) is 8.71. The van der Waals surface area contributed by atoms with Crippen LogP contribution in [-0.4, -0.2) is 22.3 Å². The summed E-state index contributed by atoms with van der Waals surface area (Å²) in [5, 5.41) is 11.3. The molecular weight excluding hydrogens is 288 g/mol. The Morgan fingerprint density at radius 2 is 2.00 bits per heavy atom. The molecule has 2 rings (SSSR count). The van der Waals surface area contributed by atoms with E-state index in [1.54, 1.807) is 6.08 Å². The third kappa shape index (κ3) is 3.60. The van der Waals surface area contributed by atoms with E-state index in [0.29, 0.717) is 49.2 Å². The molecule has 0 heterocycles. The first-order chi connectivity index (χ1) is 10.6. The summed E-state index contributed by atoms with van der Waals surface area (Å²) in [4.78, 5) is 24.0. The quantitative estimate of drug-likeness (QED) is 0.830. The molecule has 0 aromatic rings. The van der Waals surface area contributed by atoms with Gasteiger partial charge >= 0.3 is 0 Å². The molecule has 0 aromatic carbocycles. The van der Waals surface area contributed by atoms with Crippen LogP contribution in [0.5, 0.6) is 0 Å². The molecule has 2 aliphatic rings. The first-order valence-electron chi connectivity index (χ1n) is 9.03.